The summed E-state index contributed by atoms with van der Waals surface area (Å²) in [6.07, 6.45) is 1.90. The molecule has 0 aliphatic heterocycles. The average molecular weight is 261 g/mol. The van der Waals surface area contributed by atoms with Crippen LogP contribution in [-0.2, 0) is 0 Å². The fraction of sp³-hybridized carbons (Fsp3) is 0.462. The van der Waals surface area contributed by atoms with Gasteiger partial charge in [0.05, 0.1) is 6.04 Å². The highest BCUT2D eigenvalue weighted by Crippen LogP contribution is 2.20. The molecule has 102 valence electrons. The van der Waals surface area contributed by atoms with Crippen LogP contribution in [0.5, 0.6) is 0 Å². The molecule has 6 heteroatoms. The summed E-state index contributed by atoms with van der Waals surface area (Å²) in [5.41, 5.74) is 0.779. The Morgan fingerprint density at radius 3 is 2.84 bits per heavy atom. The summed E-state index contributed by atoms with van der Waals surface area (Å²) in [6.45, 7) is 6.56. The Morgan fingerprint density at radius 1 is 1.37 bits per heavy atom. The molecule has 2 aromatic rings. The zero-order valence-electron chi connectivity index (χ0n) is 11.4. The average Bonchev–Trinajstić information content (AvgIpc) is 2.79. The molecule has 6 nitrogen and oxygen atoms in total. The van der Waals surface area contributed by atoms with E-state index in [0.29, 0.717) is 6.54 Å². The van der Waals surface area contributed by atoms with Crippen LogP contribution in [0.3, 0.4) is 0 Å². The van der Waals surface area contributed by atoms with Crippen molar-refractivity contribution < 1.29 is 4.79 Å². The van der Waals surface area contributed by atoms with Gasteiger partial charge < -0.3 is 10.6 Å². The zero-order valence-corrected chi connectivity index (χ0v) is 11.4. The first-order chi connectivity index (χ1) is 9.13. The molecule has 0 radical (unpaired) electrons. The van der Waals surface area contributed by atoms with Crippen LogP contribution in [0.1, 0.15) is 32.6 Å². The van der Waals surface area contributed by atoms with E-state index in [4.69, 9.17) is 0 Å². The normalized spacial score (nSPS) is 12.6. The highest BCUT2D eigenvalue weighted by molar-refractivity contribution is 5.74. The first-order valence-electron chi connectivity index (χ1n) is 6.47. The fourth-order valence-electron chi connectivity index (χ4n) is 1.95. The van der Waals surface area contributed by atoms with Gasteiger partial charge in [-0.2, -0.15) is 0 Å². The van der Waals surface area contributed by atoms with Gasteiger partial charge in [-0.05, 0) is 25.0 Å². The second-order valence-electron chi connectivity index (χ2n) is 4.71. The summed E-state index contributed by atoms with van der Waals surface area (Å²) < 4.78 is 1.90. The third kappa shape index (κ3) is 2.83. The van der Waals surface area contributed by atoms with Crippen LogP contribution in [0.2, 0.25) is 0 Å². The molecular formula is C13H19N5O. The number of carbonyl (C=O) groups is 1. The SMILES string of the molecule is CCNC(=O)NC(c1nnc2ccccn12)C(C)C. The van der Waals surface area contributed by atoms with Gasteiger partial charge in [-0.1, -0.05) is 19.9 Å². The van der Waals surface area contributed by atoms with Crippen molar-refractivity contribution in [3.63, 3.8) is 0 Å². The summed E-state index contributed by atoms with van der Waals surface area (Å²) in [5, 5.41) is 14.0. The molecule has 19 heavy (non-hydrogen) atoms. The van der Waals surface area contributed by atoms with E-state index >= 15 is 0 Å². The number of pyridine rings is 1. The zero-order chi connectivity index (χ0) is 13.8. The van der Waals surface area contributed by atoms with Crippen molar-refractivity contribution in [2.45, 2.75) is 26.8 Å². The minimum atomic E-state index is -0.186. The maximum atomic E-state index is 11.7. The Labute approximate surface area is 112 Å². The number of amides is 2. The van der Waals surface area contributed by atoms with Crippen LogP contribution >= 0.6 is 0 Å². The monoisotopic (exact) mass is 261 g/mol. The maximum Gasteiger partial charge on any atom is 0.315 e. The lowest BCUT2D eigenvalue weighted by Gasteiger charge is -2.20. The van der Waals surface area contributed by atoms with Crippen LogP contribution < -0.4 is 10.6 Å². The number of aromatic nitrogens is 3. The molecule has 1 atom stereocenters. The van der Waals surface area contributed by atoms with Crippen molar-refractivity contribution in [1.29, 1.82) is 0 Å². The molecule has 2 N–H and O–H groups in total. The molecule has 0 saturated carbocycles. The summed E-state index contributed by atoms with van der Waals surface area (Å²) in [7, 11) is 0. The lowest BCUT2D eigenvalue weighted by Crippen LogP contribution is -2.40. The van der Waals surface area contributed by atoms with E-state index in [1.54, 1.807) is 0 Å². The summed E-state index contributed by atoms with van der Waals surface area (Å²) in [5.74, 6) is 0.965. The number of urea groups is 1. The Kier molecular flexibility index (Phi) is 3.99. The molecule has 2 amide bonds. The number of hydrogen-bond acceptors (Lipinski definition) is 3. The van der Waals surface area contributed by atoms with Crippen LogP contribution in [0.25, 0.3) is 5.65 Å². The smallest absolute Gasteiger partial charge is 0.315 e. The van der Waals surface area contributed by atoms with Gasteiger partial charge in [-0.3, -0.25) is 4.40 Å². The fourth-order valence-corrected chi connectivity index (χ4v) is 1.95. The van der Waals surface area contributed by atoms with Crippen molar-refractivity contribution in [3.8, 4) is 0 Å². The van der Waals surface area contributed by atoms with Crippen molar-refractivity contribution in [2.75, 3.05) is 6.54 Å². The Hall–Kier alpha value is -2.11. The minimum absolute atomic E-state index is 0.177. The molecule has 0 aliphatic carbocycles. The third-order valence-electron chi connectivity index (χ3n) is 2.91. The lowest BCUT2D eigenvalue weighted by molar-refractivity contribution is 0.232. The van der Waals surface area contributed by atoms with E-state index in [2.05, 4.69) is 20.8 Å². The van der Waals surface area contributed by atoms with Crippen molar-refractivity contribution in [3.05, 3.63) is 30.2 Å². The van der Waals surface area contributed by atoms with E-state index in [9.17, 15) is 4.79 Å². The maximum absolute atomic E-state index is 11.7. The van der Waals surface area contributed by atoms with Crippen molar-refractivity contribution >= 4 is 11.7 Å². The number of nitrogens with one attached hydrogen (secondary N) is 2. The highest BCUT2D eigenvalue weighted by Gasteiger charge is 2.23. The molecular weight excluding hydrogens is 242 g/mol. The van der Waals surface area contributed by atoms with E-state index < -0.39 is 0 Å². The Bertz CT molecular complexity index is 563. The van der Waals surface area contributed by atoms with Gasteiger partial charge in [-0.25, -0.2) is 4.79 Å². The molecule has 2 rings (SSSR count). The third-order valence-corrected chi connectivity index (χ3v) is 2.91. The molecule has 0 fully saturated rings. The quantitative estimate of drug-likeness (QED) is 0.880. The molecule has 2 aromatic heterocycles. The van der Waals surface area contributed by atoms with Crippen LogP contribution in [0.4, 0.5) is 4.79 Å². The van der Waals surface area contributed by atoms with Gasteiger partial charge in [0.1, 0.15) is 0 Å². The largest absolute Gasteiger partial charge is 0.338 e. The minimum Gasteiger partial charge on any atom is -0.338 e. The van der Waals surface area contributed by atoms with Crippen molar-refractivity contribution in [1.82, 2.24) is 25.2 Å². The first-order valence-corrected chi connectivity index (χ1v) is 6.47. The number of fused-ring (bicyclic) bond motifs is 1. The summed E-state index contributed by atoms with van der Waals surface area (Å²) in [6, 6.07) is 5.36. The van der Waals surface area contributed by atoms with Gasteiger partial charge in [0.2, 0.25) is 0 Å². The summed E-state index contributed by atoms with van der Waals surface area (Å²) >= 11 is 0. The molecule has 0 aliphatic rings. The van der Waals surface area contributed by atoms with E-state index in [0.717, 1.165) is 11.5 Å². The first kappa shape index (κ1) is 13.3. The van der Waals surface area contributed by atoms with Gasteiger partial charge in [0, 0.05) is 12.7 Å². The van der Waals surface area contributed by atoms with Crippen LogP contribution in [0.15, 0.2) is 24.4 Å². The predicted octanol–water partition coefficient (Wildman–Crippen LogP) is 1.75. The van der Waals surface area contributed by atoms with Crippen LogP contribution in [0, 0.1) is 5.92 Å². The molecule has 1 unspecified atom stereocenters. The number of nitrogens with zero attached hydrogens (tertiary/aromatic N) is 3. The number of carbonyl (C=O) groups excluding carboxylic acids is 1. The second-order valence-corrected chi connectivity index (χ2v) is 4.71. The molecule has 2 heterocycles. The number of rotatable bonds is 4. The van der Waals surface area contributed by atoms with Crippen LogP contribution in [-0.4, -0.2) is 27.2 Å². The Balaban J connectivity index is 2.31. The van der Waals surface area contributed by atoms with E-state index in [1.165, 1.54) is 0 Å². The highest BCUT2D eigenvalue weighted by atomic mass is 16.2. The van der Waals surface area contributed by atoms with Gasteiger partial charge >= 0.3 is 6.03 Å². The molecule has 0 aromatic carbocycles. The van der Waals surface area contributed by atoms with Gasteiger partial charge in [0.15, 0.2) is 11.5 Å². The van der Waals surface area contributed by atoms with Crippen molar-refractivity contribution in [2.24, 2.45) is 5.92 Å². The van der Waals surface area contributed by atoms with E-state index in [-0.39, 0.29) is 18.0 Å². The predicted molar refractivity (Wildman–Crippen MR) is 72.8 cm³/mol. The van der Waals surface area contributed by atoms with Gasteiger partial charge in [-0.15, -0.1) is 10.2 Å². The van der Waals surface area contributed by atoms with E-state index in [1.807, 2.05) is 49.6 Å². The molecule has 0 bridgehead atoms. The summed E-state index contributed by atoms with van der Waals surface area (Å²) in [4.78, 5) is 11.7. The van der Waals surface area contributed by atoms with Gasteiger partial charge in [0.25, 0.3) is 0 Å². The topological polar surface area (TPSA) is 71.3 Å². The standard InChI is InChI=1S/C13H19N5O/c1-4-14-13(19)15-11(9(2)3)12-17-16-10-7-5-6-8-18(10)12/h5-9,11H,4H2,1-3H3,(H2,14,15,19). The molecule has 0 spiro atoms. The Morgan fingerprint density at radius 2 is 2.16 bits per heavy atom. The second kappa shape index (κ2) is 5.69. The number of hydrogen-bond donors (Lipinski definition) is 2. The molecule has 0 saturated heterocycles. The lowest BCUT2D eigenvalue weighted by atomic mass is 10.0.